The Kier molecular flexibility index (Phi) is 2.94. The van der Waals surface area contributed by atoms with Gasteiger partial charge in [0.2, 0.25) is 0 Å². The van der Waals surface area contributed by atoms with Crippen LogP contribution in [0.2, 0.25) is 0 Å². The summed E-state index contributed by atoms with van der Waals surface area (Å²) in [4.78, 5) is 15.9. The van der Waals surface area contributed by atoms with Crippen molar-refractivity contribution < 1.29 is 18.0 Å². The van der Waals surface area contributed by atoms with E-state index in [4.69, 9.17) is 5.73 Å². The van der Waals surface area contributed by atoms with E-state index >= 15 is 0 Å². The van der Waals surface area contributed by atoms with Crippen LogP contribution in [0.1, 0.15) is 16.1 Å². The van der Waals surface area contributed by atoms with Gasteiger partial charge in [-0.2, -0.15) is 18.3 Å². The molecule has 3 heterocycles. The Labute approximate surface area is 119 Å². The summed E-state index contributed by atoms with van der Waals surface area (Å²) in [6.45, 7) is 0. The minimum absolute atomic E-state index is 0.118. The van der Waals surface area contributed by atoms with E-state index in [0.29, 0.717) is 9.39 Å². The van der Waals surface area contributed by atoms with E-state index in [1.54, 1.807) is 17.5 Å². The van der Waals surface area contributed by atoms with Crippen LogP contribution in [-0.4, -0.2) is 20.5 Å². The smallest absolute Gasteiger partial charge is 0.365 e. The Morgan fingerprint density at radius 2 is 2.14 bits per heavy atom. The summed E-state index contributed by atoms with van der Waals surface area (Å²) in [5.41, 5.74) is 3.89. The molecule has 3 rings (SSSR count). The summed E-state index contributed by atoms with van der Waals surface area (Å²) in [7, 11) is 0. The quantitative estimate of drug-likeness (QED) is 0.790. The molecule has 108 valence electrons. The molecule has 0 aliphatic heterocycles. The van der Waals surface area contributed by atoms with Crippen LogP contribution in [0.15, 0.2) is 29.8 Å². The zero-order chi connectivity index (χ0) is 15.2. The molecule has 0 fully saturated rings. The summed E-state index contributed by atoms with van der Waals surface area (Å²) >= 11 is 1.25. The van der Waals surface area contributed by atoms with Gasteiger partial charge in [0.15, 0.2) is 11.3 Å². The molecule has 0 aromatic carbocycles. The maximum Gasteiger partial charge on any atom is 0.433 e. The predicted octanol–water partition coefficient (Wildman–Crippen LogP) is 2.58. The number of alkyl halides is 3. The minimum atomic E-state index is -4.63. The molecule has 0 aliphatic carbocycles. The zero-order valence-corrected chi connectivity index (χ0v) is 11.1. The van der Waals surface area contributed by atoms with Crippen molar-refractivity contribution in [1.82, 2.24) is 14.6 Å². The fourth-order valence-corrected chi connectivity index (χ4v) is 2.58. The number of primary amides is 1. The van der Waals surface area contributed by atoms with Gasteiger partial charge in [-0.15, -0.1) is 11.3 Å². The second kappa shape index (κ2) is 4.55. The van der Waals surface area contributed by atoms with Gasteiger partial charge in [0.1, 0.15) is 5.56 Å². The van der Waals surface area contributed by atoms with Gasteiger partial charge in [-0.25, -0.2) is 9.50 Å². The summed E-state index contributed by atoms with van der Waals surface area (Å²) in [5.74, 6) is -0.881. The first kappa shape index (κ1) is 13.6. The molecule has 0 saturated heterocycles. The van der Waals surface area contributed by atoms with Crippen LogP contribution in [-0.2, 0) is 6.18 Å². The Hall–Kier alpha value is -2.42. The van der Waals surface area contributed by atoms with Crippen LogP contribution < -0.4 is 5.73 Å². The van der Waals surface area contributed by atoms with E-state index in [-0.39, 0.29) is 16.9 Å². The summed E-state index contributed by atoms with van der Waals surface area (Å²) in [6.07, 6.45) is -3.65. The predicted molar refractivity (Wildman–Crippen MR) is 69.8 cm³/mol. The van der Waals surface area contributed by atoms with Crippen molar-refractivity contribution in [3.05, 3.63) is 41.0 Å². The number of carbonyl (C=O) groups excluding carboxylic acids is 1. The molecule has 5 nitrogen and oxygen atoms in total. The molecule has 0 radical (unpaired) electrons. The van der Waals surface area contributed by atoms with Crippen LogP contribution in [0.3, 0.4) is 0 Å². The van der Waals surface area contributed by atoms with Crippen molar-refractivity contribution in [2.75, 3.05) is 0 Å². The topological polar surface area (TPSA) is 73.3 Å². The monoisotopic (exact) mass is 312 g/mol. The summed E-state index contributed by atoms with van der Waals surface area (Å²) < 4.78 is 40.0. The maximum absolute atomic E-state index is 13.1. The molecule has 0 saturated carbocycles. The van der Waals surface area contributed by atoms with Crippen LogP contribution in [0.5, 0.6) is 0 Å². The van der Waals surface area contributed by atoms with Gasteiger partial charge in [0, 0.05) is 0 Å². The van der Waals surface area contributed by atoms with Crippen molar-refractivity contribution in [2.45, 2.75) is 6.18 Å². The lowest BCUT2D eigenvalue weighted by Gasteiger charge is -2.10. The fourth-order valence-electron chi connectivity index (χ4n) is 1.89. The molecule has 21 heavy (non-hydrogen) atoms. The number of rotatable bonds is 2. The molecular formula is C12H7F3N4OS. The second-order valence-corrected chi connectivity index (χ2v) is 5.11. The van der Waals surface area contributed by atoms with E-state index in [9.17, 15) is 18.0 Å². The first-order valence-electron chi connectivity index (χ1n) is 5.67. The van der Waals surface area contributed by atoms with Crippen LogP contribution in [0.4, 0.5) is 13.2 Å². The lowest BCUT2D eigenvalue weighted by molar-refractivity contribution is -0.142. The van der Waals surface area contributed by atoms with E-state index in [1.807, 2.05) is 0 Å². The van der Waals surface area contributed by atoms with Gasteiger partial charge in [-0.3, -0.25) is 4.79 Å². The number of halogens is 3. The molecule has 2 N–H and O–H groups in total. The number of nitrogens with zero attached hydrogens (tertiary/aromatic N) is 3. The third-order valence-electron chi connectivity index (χ3n) is 2.80. The number of fused-ring (bicyclic) bond motifs is 1. The van der Waals surface area contributed by atoms with Gasteiger partial charge >= 0.3 is 6.18 Å². The molecule has 3 aromatic rings. The average Bonchev–Trinajstić information content (AvgIpc) is 3.05. The highest BCUT2D eigenvalue weighted by atomic mass is 32.1. The number of hydrogen-bond donors (Lipinski definition) is 1. The van der Waals surface area contributed by atoms with Crippen molar-refractivity contribution in [2.24, 2.45) is 5.73 Å². The highest BCUT2D eigenvalue weighted by Crippen LogP contribution is 2.33. The van der Waals surface area contributed by atoms with Gasteiger partial charge in [0.25, 0.3) is 5.91 Å². The number of nitrogens with two attached hydrogens (primary N) is 1. The first-order chi connectivity index (χ1) is 9.88. The van der Waals surface area contributed by atoms with Gasteiger partial charge < -0.3 is 5.73 Å². The summed E-state index contributed by atoms with van der Waals surface area (Å²) in [5, 5.41) is 5.29. The molecule has 0 aliphatic rings. The molecular weight excluding hydrogens is 305 g/mol. The largest absolute Gasteiger partial charge is 0.433 e. The van der Waals surface area contributed by atoms with E-state index in [2.05, 4.69) is 10.1 Å². The van der Waals surface area contributed by atoms with Gasteiger partial charge in [-0.1, -0.05) is 6.07 Å². The van der Waals surface area contributed by atoms with Crippen LogP contribution >= 0.6 is 11.3 Å². The Morgan fingerprint density at radius 3 is 2.71 bits per heavy atom. The van der Waals surface area contributed by atoms with Crippen molar-refractivity contribution in [3.8, 4) is 10.6 Å². The second-order valence-electron chi connectivity index (χ2n) is 4.16. The zero-order valence-electron chi connectivity index (χ0n) is 10.3. The Morgan fingerprint density at radius 1 is 1.38 bits per heavy atom. The number of carbonyl (C=O) groups is 1. The Bertz CT molecular complexity index is 823. The van der Waals surface area contributed by atoms with E-state index < -0.39 is 17.8 Å². The van der Waals surface area contributed by atoms with Gasteiger partial charge in [-0.05, 0) is 17.5 Å². The lowest BCUT2D eigenvalue weighted by Crippen LogP contribution is -2.15. The fraction of sp³-hybridized carbons (Fsp3) is 0.0833. The van der Waals surface area contributed by atoms with Crippen molar-refractivity contribution in [3.63, 3.8) is 0 Å². The third kappa shape index (κ3) is 2.25. The number of hydrogen-bond acceptors (Lipinski definition) is 4. The molecule has 0 bridgehead atoms. The highest BCUT2D eigenvalue weighted by Gasteiger charge is 2.36. The molecule has 9 heteroatoms. The number of amides is 1. The molecule has 3 aromatic heterocycles. The molecule has 0 unspecified atom stereocenters. The summed E-state index contributed by atoms with van der Waals surface area (Å²) in [6, 6.07) is 4.24. The lowest BCUT2D eigenvalue weighted by atomic mass is 10.2. The van der Waals surface area contributed by atoms with Crippen molar-refractivity contribution in [1.29, 1.82) is 0 Å². The van der Waals surface area contributed by atoms with Crippen LogP contribution in [0.25, 0.3) is 16.2 Å². The number of thiophene rings is 1. The minimum Gasteiger partial charge on any atom is -0.365 e. The number of aromatic nitrogens is 3. The first-order valence-corrected chi connectivity index (χ1v) is 6.55. The third-order valence-corrected chi connectivity index (χ3v) is 3.69. The molecule has 0 spiro atoms. The van der Waals surface area contributed by atoms with Crippen LogP contribution in [0, 0.1) is 0 Å². The Balaban J connectivity index is 2.37. The average molecular weight is 312 g/mol. The SMILES string of the molecule is NC(=O)c1cnn2c(C(F)(F)F)cc(-c3cccs3)nc12. The van der Waals surface area contributed by atoms with Gasteiger partial charge in [0.05, 0.1) is 16.8 Å². The molecule has 0 atom stereocenters. The standard InChI is InChI=1S/C12H7F3N4OS/c13-12(14,15)9-4-7(8-2-1-3-21-8)18-11-6(10(16)20)5-17-19(9)11/h1-5H,(H2,16,20). The van der Waals surface area contributed by atoms with E-state index in [0.717, 1.165) is 12.3 Å². The maximum atomic E-state index is 13.1. The van der Waals surface area contributed by atoms with E-state index in [1.165, 1.54) is 11.3 Å². The normalized spacial score (nSPS) is 12.0. The highest BCUT2D eigenvalue weighted by molar-refractivity contribution is 7.13. The van der Waals surface area contributed by atoms with Crippen molar-refractivity contribution >= 4 is 22.9 Å². The molecule has 1 amide bonds.